The smallest absolute Gasteiger partial charge is 0.233 e. The third kappa shape index (κ3) is 2.99. The van der Waals surface area contributed by atoms with Gasteiger partial charge in [-0.15, -0.1) is 0 Å². The molecule has 0 bridgehead atoms. The average molecular weight is 266 g/mol. The molecule has 1 saturated heterocycles. The van der Waals surface area contributed by atoms with Crippen LogP contribution in [0.5, 0.6) is 0 Å². The minimum absolute atomic E-state index is 0.0206. The van der Waals surface area contributed by atoms with Crippen LogP contribution in [-0.4, -0.2) is 35.8 Å². The topological polar surface area (TPSA) is 49.4 Å². The number of likely N-dealkylation sites (tertiary alicyclic amines) is 1. The van der Waals surface area contributed by atoms with E-state index in [1.54, 1.807) is 0 Å². The van der Waals surface area contributed by atoms with Crippen LogP contribution in [0.3, 0.4) is 0 Å². The van der Waals surface area contributed by atoms with Gasteiger partial charge in [0.2, 0.25) is 11.8 Å². The van der Waals surface area contributed by atoms with Gasteiger partial charge in [-0.05, 0) is 31.2 Å². The van der Waals surface area contributed by atoms with Crippen LogP contribution in [-0.2, 0) is 9.59 Å². The van der Waals surface area contributed by atoms with E-state index in [0.29, 0.717) is 24.4 Å². The van der Waals surface area contributed by atoms with Crippen LogP contribution in [0.1, 0.15) is 40.5 Å². The molecule has 0 aromatic rings. The molecule has 0 spiro atoms. The van der Waals surface area contributed by atoms with Crippen LogP contribution in [0.4, 0.5) is 0 Å². The van der Waals surface area contributed by atoms with E-state index in [9.17, 15) is 9.59 Å². The van der Waals surface area contributed by atoms with Crippen LogP contribution < -0.4 is 5.32 Å². The highest BCUT2D eigenvalue weighted by molar-refractivity contribution is 6.05. The molecule has 4 nitrogen and oxygen atoms in total. The average Bonchev–Trinajstić information content (AvgIpc) is 2.81. The van der Waals surface area contributed by atoms with Crippen molar-refractivity contribution in [1.29, 1.82) is 0 Å². The summed E-state index contributed by atoms with van der Waals surface area (Å²) >= 11 is 0. The largest absolute Gasteiger partial charge is 0.314 e. The summed E-state index contributed by atoms with van der Waals surface area (Å²) in [6.45, 7) is 9.85. The van der Waals surface area contributed by atoms with Gasteiger partial charge in [-0.2, -0.15) is 0 Å². The maximum Gasteiger partial charge on any atom is 0.233 e. The highest BCUT2D eigenvalue weighted by atomic mass is 16.2. The first-order valence-electron chi connectivity index (χ1n) is 7.48. The molecule has 19 heavy (non-hydrogen) atoms. The number of carbonyl (C=O) groups excluding carboxylic acids is 2. The Morgan fingerprint density at radius 3 is 2.16 bits per heavy atom. The van der Waals surface area contributed by atoms with Crippen molar-refractivity contribution in [3.05, 3.63) is 0 Å². The number of imide groups is 1. The Kier molecular flexibility index (Phi) is 4.29. The van der Waals surface area contributed by atoms with Gasteiger partial charge in [0.15, 0.2) is 0 Å². The van der Waals surface area contributed by atoms with Crippen LogP contribution in [0.15, 0.2) is 0 Å². The molecule has 0 aromatic carbocycles. The van der Waals surface area contributed by atoms with E-state index < -0.39 is 0 Å². The Labute approximate surface area is 115 Å². The van der Waals surface area contributed by atoms with Gasteiger partial charge in [-0.1, -0.05) is 27.7 Å². The predicted molar refractivity (Wildman–Crippen MR) is 74.4 cm³/mol. The van der Waals surface area contributed by atoms with Gasteiger partial charge in [-0.3, -0.25) is 14.5 Å². The molecule has 1 aliphatic heterocycles. The summed E-state index contributed by atoms with van der Waals surface area (Å²) in [6.07, 6.45) is 1.79. The van der Waals surface area contributed by atoms with Crippen molar-refractivity contribution >= 4 is 11.8 Å². The van der Waals surface area contributed by atoms with E-state index in [2.05, 4.69) is 33.0 Å². The van der Waals surface area contributed by atoms with Crippen molar-refractivity contribution in [3.63, 3.8) is 0 Å². The summed E-state index contributed by atoms with van der Waals surface area (Å²) < 4.78 is 0. The molecule has 1 N–H and O–H groups in total. The van der Waals surface area contributed by atoms with Crippen molar-refractivity contribution in [2.45, 2.75) is 46.6 Å². The summed E-state index contributed by atoms with van der Waals surface area (Å²) in [6, 6.07) is 0.438. The molecule has 3 atom stereocenters. The molecule has 4 heteroatoms. The summed E-state index contributed by atoms with van der Waals surface area (Å²) in [5, 5.41) is 3.36. The van der Waals surface area contributed by atoms with Gasteiger partial charge >= 0.3 is 0 Å². The van der Waals surface area contributed by atoms with Crippen LogP contribution in [0.25, 0.3) is 0 Å². The van der Waals surface area contributed by atoms with Crippen LogP contribution in [0, 0.1) is 23.7 Å². The fourth-order valence-corrected chi connectivity index (χ4v) is 3.34. The maximum atomic E-state index is 12.3. The third-order valence-electron chi connectivity index (χ3n) is 4.33. The number of fused-ring (bicyclic) bond motifs is 1. The molecular weight excluding hydrogens is 240 g/mol. The van der Waals surface area contributed by atoms with E-state index in [1.807, 2.05) is 0 Å². The highest BCUT2D eigenvalue weighted by Crippen LogP contribution is 2.42. The zero-order valence-corrected chi connectivity index (χ0v) is 12.5. The van der Waals surface area contributed by atoms with E-state index >= 15 is 0 Å². The SMILES string of the molecule is CC1CC2C(=O)N(CC(C)CNC(C)C)C(=O)C2C1. The lowest BCUT2D eigenvalue weighted by Gasteiger charge is -2.22. The van der Waals surface area contributed by atoms with Gasteiger partial charge in [0.25, 0.3) is 0 Å². The van der Waals surface area contributed by atoms with Crippen molar-refractivity contribution in [2.75, 3.05) is 13.1 Å². The number of hydrogen-bond donors (Lipinski definition) is 1. The van der Waals surface area contributed by atoms with Gasteiger partial charge in [-0.25, -0.2) is 0 Å². The van der Waals surface area contributed by atoms with E-state index in [1.165, 1.54) is 4.90 Å². The Morgan fingerprint density at radius 1 is 1.16 bits per heavy atom. The number of nitrogens with zero attached hydrogens (tertiary/aromatic N) is 1. The molecule has 2 amide bonds. The molecule has 2 aliphatic rings. The van der Waals surface area contributed by atoms with Crippen molar-refractivity contribution in [3.8, 4) is 0 Å². The summed E-state index contributed by atoms with van der Waals surface area (Å²) in [5.41, 5.74) is 0. The number of carbonyl (C=O) groups is 2. The third-order valence-corrected chi connectivity index (χ3v) is 4.33. The lowest BCUT2D eigenvalue weighted by molar-refractivity contribution is -0.141. The Hall–Kier alpha value is -0.900. The van der Waals surface area contributed by atoms with Crippen molar-refractivity contribution < 1.29 is 9.59 Å². The maximum absolute atomic E-state index is 12.3. The standard InChI is InChI=1S/C15H26N2O2/c1-9(2)16-7-11(4)8-17-14(18)12-5-10(3)6-13(12)15(17)19/h9-13,16H,5-8H2,1-4H3. The summed E-state index contributed by atoms with van der Waals surface area (Å²) in [5.74, 6) is 0.948. The molecule has 1 heterocycles. The number of rotatable bonds is 5. The Morgan fingerprint density at radius 2 is 1.68 bits per heavy atom. The van der Waals surface area contributed by atoms with Crippen molar-refractivity contribution in [1.82, 2.24) is 10.2 Å². The molecule has 3 unspecified atom stereocenters. The Bertz CT molecular complexity index is 343. The molecule has 1 saturated carbocycles. The normalized spacial score (nSPS) is 32.3. The second-order valence-electron chi connectivity index (χ2n) is 6.74. The zero-order valence-electron chi connectivity index (χ0n) is 12.5. The molecule has 2 rings (SSSR count). The quantitative estimate of drug-likeness (QED) is 0.770. The first-order chi connectivity index (χ1) is 8.90. The fourth-order valence-electron chi connectivity index (χ4n) is 3.34. The minimum atomic E-state index is -0.0206. The number of amides is 2. The molecular formula is C15H26N2O2. The molecule has 2 fully saturated rings. The second-order valence-corrected chi connectivity index (χ2v) is 6.74. The second kappa shape index (κ2) is 5.61. The van der Waals surface area contributed by atoms with E-state index in [0.717, 1.165) is 19.4 Å². The first kappa shape index (κ1) is 14.5. The molecule has 0 radical (unpaired) electrons. The van der Waals surface area contributed by atoms with E-state index in [4.69, 9.17) is 0 Å². The fraction of sp³-hybridized carbons (Fsp3) is 0.867. The molecule has 1 aliphatic carbocycles. The lowest BCUT2D eigenvalue weighted by atomic mass is 10.00. The summed E-state index contributed by atoms with van der Waals surface area (Å²) in [7, 11) is 0. The number of hydrogen-bond acceptors (Lipinski definition) is 3. The van der Waals surface area contributed by atoms with Gasteiger partial charge in [0.05, 0.1) is 11.8 Å². The first-order valence-corrected chi connectivity index (χ1v) is 7.48. The van der Waals surface area contributed by atoms with Gasteiger partial charge in [0.1, 0.15) is 0 Å². The summed E-state index contributed by atoms with van der Waals surface area (Å²) in [4.78, 5) is 26.1. The molecule has 108 valence electrons. The predicted octanol–water partition coefficient (Wildman–Crippen LogP) is 1.65. The molecule has 0 aromatic heterocycles. The van der Waals surface area contributed by atoms with E-state index in [-0.39, 0.29) is 23.7 Å². The zero-order chi connectivity index (χ0) is 14.2. The van der Waals surface area contributed by atoms with Crippen molar-refractivity contribution in [2.24, 2.45) is 23.7 Å². The monoisotopic (exact) mass is 266 g/mol. The number of nitrogens with one attached hydrogen (secondary N) is 1. The van der Waals surface area contributed by atoms with Crippen LogP contribution >= 0.6 is 0 Å². The van der Waals surface area contributed by atoms with Gasteiger partial charge in [0, 0.05) is 12.6 Å². The lowest BCUT2D eigenvalue weighted by Crippen LogP contribution is -2.39. The Balaban J connectivity index is 1.92. The van der Waals surface area contributed by atoms with Gasteiger partial charge < -0.3 is 5.32 Å². The van der Waals surface area contributed by atoms with Crippen LogP contribution in [0.2, 0.25) is 0 Å². The minimum Gasteiger partial charge on any atom is -0.314 e. The highest BCUT2D eigenvalue weighted by Gasteiger charge is 2.51.